The molecular weight excluding hydrogens is 449 g/mol. The fourth-order valence-corrected chi connectivity index (χ4v) is 3.49. The zero-order valence-electron chi connectivity index (χ0n) is 17.7. The first-order chi connectivity index (χ1) is 16.3. The summed E-state index contributed by atoms with van der Waals surface area (Å²) in [6.45, 7) is 0.733. The first-order valence-electron chi connectivity index (χ1n) is 10.2. The maximum Gasteiger partial charge on any atom is 0.417 e. The monoisotopic (exact) mass is 468 g/mol. The van der Waals surface area contributed by atoms with Crippen LogP contribution in [0, 0.1) is 0 Å². The summed E-state index contributed by atoms with van der Waals surface area (Å²) in [7, 11) is 0. The summed E-state index contributed by atoms with van der Waals surface area (Å²) in [5, 5.41) is 2.38. The fourth-order valence-electron chi connectivity index (χ4n) is 3.49. The Kier molecular flexibility index (Phi) is 6.69. The zero-order valence-corrected chi connectivity index (χ0v) is 17.7. The number of rotatable bonds is 7. The number of benzene rings is 1. The topological polar surface area (TPSA) is 88.3 Å². The standard InChI is InChI=1S/C24H19F3N4O3/c25-24(26,27)20-12-23(33)34-21-11-16(7-8-19(20)21)30-22(32)15-31(13-17-5-1-3-9-28-17)14-18-6-2-4-10-29-18/h1-12H,13-15H2,(H,30,32). The lowest BCUT2D eigenvalue weighted by atomic mass is 10.1. The van der Waals surface area contributed by atoms with Crippen molar-refractivity contribution < 1.29 is 22.4 Å². The quantitative estimate of drug-likeness (QED) is 0.408. The number of pyridine rings is 2. The van der Waals surface area contributed by atoms with Gasteiger partial charge in [-0.05, 0) is 36.4 Å². The van der Waals surface area contributed by atoms with Gasteiger partial charge in [-0.2, -0.15) is 13.2 Å². The average molecular weight is 468 g/mol. The Morgan fingerprint density at radius 3 is 2.15 bits per heavy atom. The van der Waals surface area contributed by atoms with Crippen molar-refractivity contribution in [3.8, 4) is 0 Å². The van der Waals surface area contributed by atoms with Gasteiger partial charge in [0, 0.05) is 48.7 Å². The van der Waals surface area contributed by atoms with Gasteiger partial charge in [0.25, 0.3) is 0 Å². The van der Waals surface area contributed by atoms with E-state index in [2.05, 4.69) is 15.3 Å². The molecule has 0 saturated carbocycles. The third-order valence-corrected chi connectivity index (χ3v) is 4.92. The van der Waals surface area contributed by atoms with E-state index in [1.807, 2.05) is 29.2 Å². The molecule has 0 fully saturated rings. The molecule has 4 aromatic rings. The molecule has 34 heavy (non-hydrogen) atoms. The second kappa shape index (κ2) is 9.84. The van der Waals surface area contributed by atoms with Gasteiger partial charge in [-0.25, -0.2) is 4.79 Å². The molecule has 0 aliphatic carbocycles. The normalized spacial score (nSPS) is 11.6. The molecule has 1 amide bonds. The molecule has 3 aromatic heterocycles. The van der Waals surface area contributed by atoms with Crippen molar-refractivity contribution in [1.29, 1.82) is 0 Å². The number of anilines is 1. The second-order valence-electron chi connectivity index (χ2n) is 7.52. The first-order valence-corrected chi connectivity index (χ1v) is 10.2. The van der Waals surface area contributed by atoms with Gasteiger partial charge in [-0.3, -0.25) is 19.7 Å². The van der Waals surface area contributed by atoms with Crippen molar-refractivity contribution >= 4 is 22.6 Å². The number of hydrogen-bond acceptors (Lipinski definition) is 6. The van der Waals surface area contributed by atoms with Crippen molar-refractivity contribution in [2.24, 2.45) is 0 Å². The van der Waals surface area contributed by atoms with Crippen LogP contribution in [-0.2, 0) is 24.1 Å². The van der Waals surface area contributed by atoms with Crippen LogP contribution in [0.1, 0.15) is 17.0 Å². The lowest BCUT2D eigenvalue weighted by molar-refractivity contribution is -0.136. The van der Waals surface area contributed by atoms with Crippen LogP contribution in [-0.4, -0.2) is 27.3 Å². The van der Waals surface area contributed by atoms with Gasteiger partial charge in [0.1, 0.15) is 5.58 Å². The van der Waals surface area contributed by atoms with Gasteiger partial charge < -0.3 is 9.73 Å². The number of hydrogen-bond donors (Lipinski definition) is 1. The Bertz CT molecular complexity index is 1300. The van der Waals surface area contributed by atoms with Crippen LogP contribution in [0.2, 0.25) is 0 Å². The van der Waals surface area contributed by atoms with Crippen LogP contribution < -0.4 is 10.9 Å². The molecule has 174 valence electrons. The van der Waals surface area contributed by atoms with E-state index >= 15 is 0 Å². The molecule has 1 N–H and O–H groups in total. The van der Waals surface area contributed by atoms with Crippen LogP contribution in [0.15, 0.2) is 82.3 Å². The van der Waals surface area contributed by atoms with Gasteiger partial charge in [-0.1, -0.05) is 12.1 Å². The van der Waals surface area contributed by atoms with Crippen molar-refractivity contribution in [2.45, 2.75) is 19.3 Å². The predicted molar refractivity (Wildman–Crippen MR) is 119 cm³/mol. The summed E-state index contributed by atoms with van der Waals surface area (Å²) in [6, 6.07) is 15.1. The Balaban J connectivity index is 1.53. The fraction of sp³-hybridized carbons (Fsp3) is 0.167. The number of alkyl halides is 3. The van der Waals surface area contributed by atoms with E-state index in [4.69, 9.17) is 4.42 Å². The molecule has 7 nitrogen and oxygen atoms in total. The number of aromatic nitrogens is 2. The third kappa shape index (κ3) is 5.84. The van der Waals surface area contributed by atoms with Crippen LogP contribution >= 0.6 is 0 Å². The van der Waals surface area contributed by atoms with Gasteiger partial charge in [0.15, 0.2) is 0 Å². The smallest absolute Gasteiger partial charge is 0.417 e. The maximum absolute atomic E-state index is 13.2. The van der Waals surface area contributed by atoms with Crippen LogP contribution in [0.4, 0.5) is 18.9 Å². The summed E-state index contributed by atoms with van der Waals surface area (Å²) < 4.78 is 44.7. The summed E-state index contributed by atoms with van der Waals surface area (Å²) in [5.74, 6) is -0.402. The number of nitrogens with one attached hydrogen (secondary N) is 1. The highest BCUT2D eigenvalue weighted by Crippen LogP contribution is 2.34. The largest absolute Gasteiger partial charge is 0.423 e. The van der Waals surface area contributed by atoms with Crippen LogP contribution in [0.3, 0.4) is 0 Å². The molecule has 0 bridgehead atoms. The maximum atomic E-state index is 13.2. The van der Waals surface area contributed by atoms with E-state index in [0.29, 0.717) is 19.2 Å². The van der Waals surface area contributed by atoms with Crippen molar-refractivity contribution in [3.05, 3.63) is 100 Å². The van der Waals surface area contributed by atoms with E-state index in [1.165, 1.54) is 12.1 Å². The Hall–Kier alpha value is -4.05. The van der Waals surface area contributed by atoms with E-state index in [-0.39, 0.29) is 23.2 Å². The Morgan fingerprint density at radius 2 is 1.59 bits per heavy atom. The minimum absolute atomic E-state index is 0.0300. The second-order valence-corrected chi connectivity index (χ2v) is 7.52. The van der Waals surface area contributed by atoms with Gasteiger partial charge >= 0.3 is 11.8 Å². The molecule has 4 rings (SSSR count). The minimum Gasteiger partial charge on any atom is -0.423 e. The number of fused-ring (bicyclic) bond motifs is 1. The summed E-state index contributed by atoms with van der Waals surface area (Å²) in [4.78, 5) is 34.8. The van der Waals surface area contributed by atoms with Crippen molar-refractivity contribution in [3.63, 3.8) is 0 Å². The molecule has 0 radical (unpaired) electrons. The van der Waals surface area contributed by atoms with Crippen molar-refractivity contribution in [2.75, 3.05) is 11.9 Å². The number of nitrogens with zero attached hydrogens (tertiary/aromatic N) is 3. The summed E-state index contributed by atoms with van der Waals surface area (Å²) in [6.07, 6.45) is -1.39. The molecule has 0 aliphatic heterocycles. The van der Waals surface area contributed by atoms with Gasteiger partial charge in [-0.15, -0.1) is 0 Å². The molecule has 0 saturated heterocycles. The number of amides is 1. The Labute approximate surface area is 191 Å². The molecular formula is C24H19F3N4O3. The SMILES string of the molecule is O=C(CN(Cc1ccccn1)Cc1ccccn1)Nc1ccc2c(C(F)(F)F)cc(=O)oc2c1. The number of carbonyl (C=O) groups excluding carboxylic acids is 1. The highest BCUT2D eigenvalue weighted by Gasteiger charge is 2.33. The molecule has 3 heterocycles. The van der Waals surface area contributed by atoms with Crippen molar-refractivity contribution in [1.82, 2.24) is 14.9 Å². The Morgan fingerprint density at radius 1 is 0.941 bits per heavy atom. The molecule has 0 atom stereocenters. The van der Waals surface area contributed by atoms with E-state index in [0.717, 1.165) is 17.5 Å². The molecule has 0 unspecified atom stereocenters. The van der Waals surface area contributed by atoms with Gasteiger partial charge in [0.2, 0.25) is 5.91 Å². The van der Waals surface area contributed by atoms with E-state index in [9.17, 15) is 22.8 Å². The average Bonchev–Trinajstić information content (AvgIpc) is 2.79. The lowest BCUT2D eigenvalue weighted by Gasteiger charge is -2.21. The first kappa shape index (κ1) is 23.1. The number of carbonyl (C=O) groups is 1. The summed E-state index contributed by atoms with van der Waals surface area (Å²) >= 11 is 0. The molecule has 0 aliphatic rings. The lowest BCUT2D eigenvalue weighted by Crippen LogP contribution is -2.33. The van der Waals surface area contributed by atoms with Crippen LogP contribution in [0.5, 0.6) is 0 Å². The summed E-state index contributed by atoms with van der Waals surface area (Å²) in [5.41, 5.74) is -0.752. The van der Waals surface area contributed by atoms with Gasteiger partial charge in [0.05, 0.1) is 23.5 Å². The molecule has 1 aromatic carbocycles. The molecule has 10 heteroatoms. The third-order valence-electron chi connectivity index (χ3n) is 4.92. The number of halogens is 3. The molecule has 0 spiro atoms. The highest BCUT2D eigenvalue weighted by molar-refractivity contribution is 5.94. The zero-order chi connectivity index (χ0) is 24.1. The minimum atomic E-state index is -4.71. The predicted octanol–water partition coefficient (Wildman–Crippen LogP) is 4.24. The van der Waals surface area contributed by atoms with E-state index < -0.39 is 23.3 Å². The van der Waals surface area contributed by atoms with Crippen LogP contribution in [0.25, 0.3) is 11.0 Å². The highest BCUT2D eigenvalue weighted by atomic mass is 19.4. The van der Waals surface area contributed by atoms with E-state index in [1.54, 1.807) is 24.5 Å².